The van der Waals surface area contributed by atoms with Crippen LogP contribution in [0.5, 0.6) is 0 Å². The monoisotopic (exact) mass is 791 g/mol. The lowest BCUT2D eigenvalue weighted by atomic mass is 9.80. The van der Waals surface area contributed by atoms with Crippen molar-refractivity contribution < 1.29 is 109 Å². The minimum Gasteiger partial charge on any atom is -0.396 e. The topological polar surface area (TPSA) is 377 Å². The van der Waals surface area contributed by atoms with Gasteiger partial charge in [0.05, 0.1) is 50.7 Å². The van der Waals surface area contributed by atoms with Crippen LogP contribution in [0.4, 0.5) is 0 Å². The van der Waals surface area contributed by atoms with Crippen LogP contribution < -0.4 is 5.32 Å². The van der Waals surface area contributed by atoms with Crippen molar-refractivity contribution in [2.45, 2.75) is 148 Å². The molecular formula is C31H53NO22. The van der Waals surface area contributed by atoms with E-state index in [1.54, 1.807) is 0 Å². The number of ketones is 1. The third kappa shape index (κ3) is 8.77. The molecule has 23 heteroatoms. The highest BCUT2D eigenvalue weighted by molar-refractivity contribution is 5.89. The first-order valence-corrected chi connectivity index (χ1v) is 17.7. The lowest BCUT2D eigenvalue weighted by Crippen LogP contribution is -2.69. The van der Waals surface area contributed by atoms with Crippen molar-refractivity contribution in [1.82, 2.24) is 5.32 Å². The summed E-state index contributed by atoms with van der Waals surface area (Å²) in [6.45, 7) is -1.83. The molecule has 1 saturated carbocycles. The van der Waals surface area contributed by atoms with E-state index in [0.29, 0.717) is 0 Å². The number of ether oxygens (including phenoxy) is 7. The summed E-state index contributed by atoms with van der Waals surface area (Å²) in [5, 5.41) is 149. The summed E-state index contributed by atoms with van der Waals surface area (Å²) in [4.78, 5) is 12.6. The van der Waals surface area contributed by atoms with Crippen LogP contribution in [-0.4, -0.2) is 245 Å². The Morgan fingerprint density at radius 2 is 1.06 bits per heavy atom. The smallest absolute Gasteiger partial charge is 0.187 e. The van der Waals surface area contributed by atoms with E-state index in [9.17, 15) is 76.3 Å². The van der Waals surface area contributed by atoms with E-state index in [1.165, 1.54) is 6.92 Å². The number of aliphatic hydroxyl groups excluding tert-OH is 14. The van der Waals surface area contributed by atoms with E-state index in [2.05, 4.69) is 5.32 Å². The van der Waals surface area contributed by atoms with Crippen molar-refractivity contribution in [3.05, 3.63) is 0 Å². The number of nitrogens with one attached hydrogen (secondary N) is 1. The number of hydrogen-bond donors (Lipinski definition) is 15. The number of aliphatic hydroxyl groups is 14. The zero-order valence-corrected chi connectivity index (χ0v) is 29.0. The molecule has 1 aliphatic carbocycles. The maximum atomic E-state index is 12.6. The molecule has 5 rings (SSSR count). The maximum absolute atomic E-state index is 12.6. The fourth-order valence-corrected chi connectivity index (χ4v) is 7.44. The van der Waals surface area contributed by atoms with E-state index in [4.69, 9.17) is 33.2 Å². The van der Waals surface area contributed by atoms with E-state index < -0.39 is 173 Å². The van der Waals surface area contributed by atoms with Crippen molar-refractivity contribution in [3.63, 3.8) is 0 Å². The Balaban J connectivity index is 1.21. The van der Waals surface area contributed by atoms with Gasteiger partial charge >= 0.3 is 0 Å². The zero-order chi connectivity index (χ0) is 39.8. The quantitative estimate of drug-likeness (QED) is 0.0872. The molecule has 5 aliphatic rings. The van der Waals surface area contributed by atoms with Crippen LogP contribution in [0.15, 0.2) is 0 Å². The second kappa shape index (κ2) is 18.6. The Kier molecular flexibility index (Phi) is 15.1. The Hall–Kier alpha value is -1.21. The highest BCUT2D eigenvalue weighted by Gasteiger charge is 2.55. The summed E-state index contributed by atoms with van der Waals surface area (Å²) in [5.74, 6) is -1.66. The summed E-state index contributed by atoms with van der Waals surface area (Å²) in [5.41, 5.74) is 0. The van der Waals surface area contributed by atoms with E-state index in [1.807, 2.05) is 0 Å². The van der Waals surface area contributed by atoms with Gasteiger partial charge in [-0.2, -0.15) is 0 Å². The number of Topliss-reactive ketones (excluding diaryl/α,β-unsaturated/α-hetero) is 1. The fourth-order valence-electron chi connectivity index (χ4n) is 7.44. The molecule has 54 heavy (non-hydrogen) atoms. The average Bonchev–Trinajstić information content (AvgIpc) is 3.16. The minimum absolute atomic E-state index is 0.100. The molecule has 314 valence electrons. The van der Waals surface area contributed by atoms with Crippen molar-refractivity contribution in [2.24, 2.45) is 5.92 Å². The maximum Gasteiger partial charge on any atom is 0.187 e. The molecule has 15 N–H and O–H groups in total. The molecule has 23 atom stereocenters. The third-order valence-electron chi connectivity index (χ3n) is 10.7. The van der Waals surface area contributed by atoms with E-state index >= 15 is 0 Å². The van der Waals surface area contributed by atoms with Crippen LogP contribution in [0.3, 0.4) is 0 Å². The first kappa shape index (κ1) is 43.9. The lowest BCUT2D eigenvalue weighted by Gasteiger charge is -2.49. The molecule has 4 aliphatic heterocycles. The standard InChI is InChI=1S/C31H53NO22/c1-8-15(32-10-2-9(3-33)16(38)20(42)17(10)39)19(41)23(45)29(49-8)53-27-13(5-35)51-31(25(47)21(27)43)54-28-14(6-36)50-30(24(46)22(28)44)52-26-12(4-34)48-7-11(37)18(26)40/h8-16,18-38,40-47H,2-7H2,1H3/t8?,9?,10?,11?,12?,13?,14?,15-,16+,18-,19+,20+,21-,22-,23?,24?,25?,26-,27-,28-,29-,30-,31-/m1/s1. The first-order valence-electron chi connectivity index (χ1n) is 17.7. The van der Waals surface area contributed by atoms with Crippen molar-refractivity contribution >= 4 is 5.78 Å². The van der Waals surface area contributed by atoms with Gasteiger partial charge in [0.15, 0.2) is 24.7 Å². The molecule has 0 spiro atoms. The fraction of sp³-hybridized carbons (Fsp3) is 0.968. The van der Waals surface area contributed by atoms with Crippen LogP contribution >= 0.6 is 0 Å². The average molecular weight is 792 g/mol. The number of carbonyl (C=O) groups is 1. The van der Waals surface area contributed by atoms with Crippen LogP contribution in [0.1, 0.15) is 13.3 Å². The first-order chi connectivity index (χ1) is 25.6. The van der Waals surface area contributed by atoms with E-state index in [-0.39, 0.29) is 13.0 Å². The summed E-state index contributed by atoms with van der Waals surface area (Å²) >= 11 is 0. The van der Waals surface area contributed by atoms with Crippen LogP contribution in [0.25, 0.3) is 0 Å². The highest BCUT2D eigenvalue weighted by atomic mass is 16.8. The molecule has 10 unspecified atom stereocenters. The molecular weight excluding hydrogens is 738 g/mol. The van der Waals surface area contributed by atoms with Gasteiger partial charge < -0.3 is 105 Å². The van der Waals surface area contributed by atoms with Gasteiger partial charge in [-0.15, -0.1) is 0 Å². The molecule has 23 nitrogen and oxygen atoms in total. The predicted molar refractivity (Wildman–Crippen MR) is 168 cm³/mol. The molecule has 0 aromatic carbocycles. The van der Waals surface area contributed by atoms with Crippen molar-refractivity contribution in [3.8, 4) is 0 Å². The van der Waals surface area contributed by atoms with E-state index in [0.717, 1.165) is 0 Å². The SMILES string of the molecule is CC1O[C@H](O[C@@H]2C(CO)O[C@H](O[C@@H]3C(CO)O[C@H](O[C@@H]4C(CO)OCC(O)[C@H]4O)C(O)[C@H]3O)C(O)[C@H]2O)C(O)[C@@H](O)[C@@H]1NC1CC(CO)[C@H](O)[C@H](O)C1=O. The van der Waals surface area contributed by atoms with Gasteiger partial charge in [-0.1, -0.05) is 0 Å². The van der Waals surface area contributed by atoms with Crippen LogP contribution in [0.2, 0.25) is 0 Å². The molecule has 0 aromatic rings. The van der Waals surface area contributed by atoms with Gasteiger partial charge in [0.2, 0.25) is 0 Å². The summed E-state index contributed by atoms with van der Waals surface area (Å²) in [7, 11) is 0. The summed E-state index contributed by atoms with van der Waals surface area (Å²) in [6, 6.07) is -2.28. The molecule has 0 aromatic heterocycles. The van der Waals surface area contributed by atoms with Crippen LogP contribution in [0, 0.1) is 5.92 Å². The predicted octanol–water partition coefficient (Wildman–Crippen LogP) is -9.77. The second-order valence-electron chi connectivity index (χ2n) is 14.3. The van der Waals surface area contributed by atoms with Gasteiger partial charge in [-0.3, -0.25) is 10.1 Å². The zero-order valence-electron chi connectivity index (χ0n) is 29.0. The van der Waals surface area contributed by atoms with Crippen molar-refractivity contribution in [2.75, 3.05) is 33.0 Å². The van der Waals surface area contributed by atoms with Crippen LogP contribution in [-0.2, 0) is 38.0 Å². The number of carbonyl (C=O) groups excluding carboxylic acids is 1. The Morgan fingerprint density at radius 1 is 0.593 bits per heavy atom. The van der Waals surface area contributed by atoms with Gasteiger partial charge in [0.1, 0.15) is 91.6 Å². The third-order valence-corrected chi connectivity index (χ3v) is 10.7. The molecule has 4 saturated heterocycles. The molecule has 0 bridgehead atoms. The highest BCUT2D eigenvalue weighted by Crippen LogP contribution is 2.34. The molecule has 0 radical (unpaired) electrons. The summed E-state index contributed by atoms with van der Waals surface area (Å²) < 4.78 is 39.1. The van der Waals surface area contributed by atoms with Gasteiger partial charge in [-0.25, -0.2) is 0 Å². The summed E-state index contributed by atoms with van der Waals surface area (Å²) in [6.07, 6.45) is -33.2. The Labute approximate surface area is 307 Å². The molecule has 0 amide bonds. The van der Waals surface area contributed by atoms with Gasteiger partial charge in [0, 0.05) is 12.5 Å². The van der Waals surface area contributed by atoms with Gasteiger partial charge in [-0.05, 0) is 13.3 Å². The Bertz CT molecular complexity index is 1200. The normalized spacial score (nSPS) is 52.0. The molecule has 4 heterocycles. The lowest BCUT2D eigenvalue weighted by molar-refractivity contribution is -0.382. The second-order valence-corrected chi connectivity index (χ2v) is 14.3. The minimum atomic E-state index is -2.02. The van der Waals surface area contributed by atoms with Gasteiger partial charge in [0.25, 0.3) is 0 Å². The number of hydrogen-bond acceptors (Lipinski definition) is 23. The van der Waals surface area contributed by atoms with Crippen molar-refractivity contribution in [1.29, 1.82) is 0 Å². The molecule has 5 fully saturated rings. The largest absolute Gasteiger partial charge is 0.396 e. The number of rotatable bonds is 12. The Morgan fingerprint density at radius 3 is 1.54 bits per heavy atom.